The summed E-state index contributed by atoms with van der Waals surface area (Å²) < 4.78 is 112. The quantitative estimate of drug-likeness (QED) is 0.0757. The molecule has 0 aliphatic carbocycles. The molecule has 5 rings (SSSR count). The molecule has 0 saturated heterocycles. The van der Waals surface area contributed by atoms with Crippen LogP contribution in [0.5, 0.6) is 11.5 Å². The fourth-order valence-electron chi connectivity index (χ4n) is 4.42. The van der Waals surface area contributed by atoms with E-state index in [0.29, 0.717) is 17.8 Å². The SMILES string of the molecule is COc1ccc(N=Nc2c(S(=O)(=O)O)cc3cc(S(=O)(=O)[O-])cc(Nc4nc(Cl)nc(N(C)c5ccccc5)n4)c3c2[O-])c(S(=O)(=O)[O-])c1.[Na+].[Na+].[Na+]. The van der Waals surface area contributed by atoms with Crippen molar-refractivity contribution < 1.29 is 137 Å². The second-order valence-electron chi connectivity index (χ2n) is 9.79. The Kier molecular flexibility index (Phi) is 16.0. The number of azo groups is 1. The van der Waals surface area contributed by atoms with Crippen molar-refractivity contribution in [2.75, 3.05) is 24.4 Å². The molecule has 1 aromatic heterocycles. The summed E-state index contributed by atoms with van der Waals surface area (Å²) in [5, 5.41) is 22.3. The Hall–Kier alpha value is -2.03. The molecular formula is C27H19ClN7Na3O11S3. The fraction of sp³-hybridized carbons (Fsp3) is 0.0741. The summed E-state index contributed by atoms with van der Waals surface area (Å²) in [4.78, 5) is 10.7. The summed E-state index contributed by atoms with van der Waals surface area (Å²) in [6, 6.07) is 13.8. The van der Waals surface area contributed by atoms with Crippen LogP contribution in [0, 0.1) is 0 Å². The summed E-state index contributed by atoms with van der Waals surface area (Å²) >= 11 is 6.13. The van der Waals surface area contributed by atoms with E-state index in [1.807, 2.05) is 0 Å². The van der Waals surface area contributed by atoms with Gasteiger partial charge < -0.3 is 29.2 Å². The number of anilines is 4. The van der Waals surface area contributed by atoms with Crippen LogP contribution in [0.4, 0.5) is 34.6 Å². The van der Waals surface area contributed by atoms with Crippen molar-refractivity contribution >= 4 is 87.4 Å². The second-order valence-corrected chi connectivity index (χ2v) is 14.2. The van der Waals surface area contributed by atoms with Crippen LogP contribution in [0.25, 0.3) is 10.8 Å². The van der Waals surface area contributed by atoms with Gasteiger partial charge in [0.25, 0.3) is 10.1 Å². The van der Waals surface area contributed by atoms with E-state index >= 15 is 0 Å². The first-order valence-corrected chi connectivity index (χ1v) is 17.8. The van der Waals surface area contributed by atoms with Crippen LogP contribution >= 0.6 is 11.6 Å². The molecule has 256 valence electrons. The zero-order valence-corrected chi connectivity index (χ0v) is 36.9. The van der Waals surface area contributed by atoms with Gasteiger partial charge in [-0.25, -0.2) is 16.8 Å². The number of benzene rings is 4. The Morgan fingerprint density at radius 2 is 1.50 bits per heavy atom. The number of rotatable bonds is 10. The average molecular weight is 818 g/mol. The third kappa shape index (κ3) is 10.6. The fourth-order valence-corrected chi connectivity index (χ4v) is 6.39. The first-order valence-electron chi connectivity index (χ1n) is 13.1. The first kappa shape index (κ1) is 46.1. The van der Waals surface area contributed by atoms with E-state index in [-0.39, 0.29) is 112 Å². The van der Waals surface area contributed by atoms with Crippen molar-refractivity contribution in [2.45, 2.75) is 14.7 Å². The molecule has 0 atom stereocenters. The zero-order valence-electron chi connectivity index (χ0n) is 27.7. The molecule has 0 radical (unpaired) electrons. The van der Waals surface area contributed by atoms with E-state index in [9.17, 15) is 44.0 Å². The molecule has 0 aliphatic rings. The van der Waals surface area contributed by atoms with E-state index in [0.717, 1.165) is 18.2 Å². The molecule has 1 heterocycles. The number of methoxy groups -OCH3 is 1. The molecule has 4 aromatic carbocycles. The van der Waals surface area contributed by atoms with Gasteiger partial charge in [-0.1, -0.05) is 23.9 Å². The third-order valence-electron chi connectivity index (χ3n) is 6.65. The van der Waals surface area contributed by atoms with E-state index in [1.54, 1.807) is 37.4 Å². The van der Waals surface area contributed by atoms with Crippen molar-refractivity contribution in [1.82, 2.24) is 15.0 Å². The molecule has 0 bridgehead atoms. The number of hydrogen-bond donors (Lipinski definition) is 2. The maximum Gasteiger partial charge on any atom is 1.00 e. The number of halogens is 1. The van der Waals surface area contributed by atoms with Crippen LogP contribution in [-0.2, 0) is 30.4 Å². The number of hydrogen-bond acceptors (Lipinski definition) is 17. The summed E-state index contributed by atoms with van der Waals surface area (Å²) in [6.45, 7) is 0. The van der Waals surface area contributed by atoms with Gasteiger partial charge in [0.2, 0.25) is 17.2 Å². The molecule has 0 spiro atoms. The maximum atomic E-state index is 13.9. The Morgan fingerprint density at radius 1 is 0.846 bits per heavy atom. The van der Waals surface area contributed by atoms with Gasteiger partial charge in [0, 0.05) is 18.4 Å². The summed E-state index contributed by atoms with van der Waals surface area (Å²) in [5.41, 5.74) is -1.55. The van der Waals surface area contributed by atoms with Crippen molar-refractivity contribution in [1.29, 1.82) is 0 Å². The van der Waals surface area contributed by atoms with E-state index in [4.69, 9.17) is 16.3 Å². The monoisotopic (exact) mass is 817 g/mol. The molecule has 2 N–H and O–H groups in total. The third-order valence-corrected chi connectivity index (χ3v) is 9.37. The first-order chi connectivity index (χ1) is 22.9. The topological polar surface area (TPSA) is 280 Å². The van der Waals surface area contributed by atoms with Gasteiger partial charge in [-0.05, 0) is 70.9 Å². The largest absolute Gasteiger partial charge is 1.00 e. The predicted octanol–water partition coefficient (Wildman–Crippen LogP) is -5.25. The van der Waals surface area contributed by atoms with Crippen LogP contribution in [0.3, 0.4) is 0 Å². The summed E-state index contributed by atoms with van der Waals surface area (Å²) in [5.74, 6) is -1.74. The molecule has 0 fully saturated rings. The van der Waals surface area contributed by atoms with Crippen molar-refractivity contribution in [3.05, 3.63) is 72.0 Å². The van der Waals surface area contributed by atoms with Crippen molar-refractivity contribution in [3.8, 4) is 11.5 Å². The zero-order chi connectivity index (χ0) is 35.9. The minimum Gasteiger partial charge on any atom is -0.870 e. The minimum atomic E-state index is -5.33. The molecule has 18 nitrogen and oxygen atoms in total. The smallest absolute Gasteiger partial charge is 0.870 e. The van der Waals surface area contributed by atoms with Crippen LogP contribution in [0.15, 0.2) is 91.6 Å². The molecule has 5 aromatic rings. The van der Waals surface area contributed by atoms with Crippen LogP contribution in [0.2, 0.25) is 5.28 Å². The summed E-state index contributed by atoms with van der Waals surface area (Å²) in [7, 11) is -13.0. The van der Waals surface area contributed by atoms with Crippen LogP contribution in [-0.4, -0.2) is 68.0 Å². The van der Waals surface area contributed by atoms with Gasteiger partial charge in [0.05, 0.1) is 22.6 Å². The molecule has 52 heavy (non-hydrogen) atoms. The second kappa shape index (κ2) is 18.1. The Labute approximate surface area is 368 Å². The molecule has 0 aliphatic heterocycles. The standard InChI is InChI=1S/C27H22ClN7O11S3.3Na/c1-35(15-6-4-3-5-7-15)27-31-25(28)30-26(32-27)29-19-13-17(47(37,38)39)10-14-11-21(49(43,44)45)23(24(36)22(14)19)34-33-18-9-8-16(46-2)12-20(18)48(40,41)42;;;/h3-13,36H,1-2H3,(H,37,38,39)(H,40,41,42)(H,43,44,45)(H,29,30,31,32);;;/q;3*+1/p-3. The molecule has 0 saturated carbocycles. The number of aromatic nitrogens is 3. The predicted molar refractivity (Wildman–Crippen MR) is 169 cm³/mol. The van der Waals surface area contributed by atoms with Gasteiger partial charge in [-0.2, -0.15) is 23.4 Å². The molecule has 25 heteroatoms. The summed E-state index contributed by atoms with van der Waals surface area (Å²) in [6.07, 6.45) is 0. The number of fused-ring (bicyclic) bond motifs is 1. The van der Waals surface area contributed by atoms with Gasteiger partial charge in [-0.3, -0.25) is 4.55 Å². The van der Waals surface area contributed by atoms with Gasteiger partial charge in [0.15, 0.2) is 0 Å². The van der Waals surface area contributed by atoms with E-state index in [2.05, 4.69) is 30.5 Å². The maximum absolute atomic E-state index is 13.9. The molecule has 0 amide bonds. The van der Waals surface area contributed by atoms with Gasteiger partial charge in [0.1, 0.15) is 36.6 Å². The normalized spacial score (nSPS) is 11.7. The van der Waals surface area contributed by atoms with Crippen molar-refractivity contribution in [2.24, 2.45) is 10.2 Å². The Morgan fingerprint density at radius 3 is 2.08 bits per heavy atom. The molecular weight excluding hydrogens is 799 g/mol. The van der Waals surface area contributed by atoms with Crippen molar-refractivity contribution in [3.63, 3.8) is 0 Å². The number of nitrogens with one attached hydrogen (secondary N) is 1. The minimum absolute atomic E-state index is 0. The molecule has 0 unspecified atom stereocenters. The Bertz CT molecular complexity index is 2500. The Balaban J connectivity index is 0.00000312. The van der Waals surface area contributed by atoms with E-state index < -0.39 is 78.6 Å². The van der Waals surface area contributed by atoms with Gasteiger partial charge >= 0.3 is 88.7 Å². The number of para-hydroxylation sites is 1. The average Bonchev–Trinajstić information content (AvgIpc) is 3.02. The number of ether oxygens (including phenoxy) is 1. The van der Waals surface area contributed by atoms with Crippen LogP contribution in [0.1, 0.15) is 0 Å². The van der Waals surface area contributed by atoms with E-state index in [1.165, 1.54) is 18.1 Å². The number of nitrogens with zero attached hydrogens (tertiary/aromatic N) is 6. The van der Waals surface area contributed by atoms with Gasteiger partial charge in [-0.15, -0.1) is 10.2 Å². The van der Waals surface area contributed by atoms with Crippen LogP contribution < -0.4 is 109 Å².